The highest BCUT2D eigenvalue weighted by Crippen LogP contribution is 2.25. The zero-order valence-electron chi connectivity index (χ0n) is 10.4. The summed E-state index contributed by atoms with van der Waals surface area (Å²) in [5.74, 6) is -0.0478. The van der Waals surface area contributed by atoms with E-state index in [0.29, 0.717) is 26.1 Å². The molecule has 1 aromatic rings. The predicted octanol–water partition coefficient (Wildman–Crippen LogP) is 0.707. The average Bonchev–Trinajstić information content (AvgIpc) is 2.98. The molecular formula is C13H15N3O3. The third-order valence-corrected chi connectivity index (χ3v) is 3.48. The Balaban J connectivity index is 1.79. The van der Waals surface area contributed by atoms with Gasteiger partial charge in [0.1, 0.15) is 6.61 Å². The molecule has 2 saturated heterocycles. The quantitative estimate of drug-likeness (QED) is 0.850. The van der Waals surface area contributed by atoms with Crippen molar-refractivity contribution >= 4 is 23.4 Å². The zero-order valence-corrected chi connectivity index (χ0v) is 10.4. The van der Waals surface area contributed by atoms with E-state index in [-0.39, 0.29) is 12.0 Å². The van der Waals surface area contributed by atoms with Crippen LogP contribution in [-0.2, 0) is 9.53 Å². The second-order valence-electron chi connectivity index (χ2n) is 4.67. The number of benzene rings is 1. The third-order valence-electron chi connectivity index (χ3n) is 3.48. The van der Waals surface area contributed by atoms with Crippen LogP contribution in [0.4, 0.5) is 16.2 Å². The summed E-state index contributed by atoms with van der Waals surface area (Å²) in [7, 11) is 0. The number of nitrogens with two attached hydrogens (primary N) is 1. The van der Waals surface area contributed by atoms with Gasteiger partial charge in [0.05, 0.1) is 12.6 Å². The molecule has 0 unspecified atom stereocenters. The first kappa shape index (κ1) is 12.0. The number of hydrogen-bond donors (Lipinski definition) is 1. The number of nitrogens with zero attached hydrogens (tertiary/aromatic N) is 2. The van der Waals surface area contributed by atoms with Crippen molar-refractivity contribution in [2.45, 2.75) is 12.5 Å². The van der Waals surface area contributed by atoms with Crippen LogP contribution in [0.25, 0.3) is 0 Å². The molecule has 1 atom stereocenters. The van der Waals surface area contributed by atoms with Crippen molar-refractivity contribution in [3.63, 3.8) is 0 Å². The molecule has 2 aliphatic rings. The number of carbonyl (C=O) groups is 2. The number of anilines is 2. The maximum atomic E-state index is 11.8. The maximum absolute atomic E-state index is 11.8. The molecule has 19 heavy (non-hydrogen) atoms. The summed E-state index contributed by atoms with van der Waals surface area (Å²) in [4.78, 5) is 26.5. The molecule has 6 nitrogen and oxygen atoms in total. The van der Waals surface area contributed by atoms with Crippen molar-refractivity contribution < 1.29 is 14.3 Å². The molecule has 0 radical (unpaired) electrons. The lowest BCUT2D eigenvalue weighted by Crippen LogP contribution is -2.34. The monoisotopic (exact) mass is 261 g/mol. The number of rotatable bonds is 2. The normalized spacial score (nSPS) is 23.1. The van der Waals surface area contributed by atoms with Crippen LogP contribution >= 0.6 is 0 Å². The lowest BCUT2D eigenvalue weighted by molar-refractivity contribution is -0.118. The van der Waals surface area contributed by atoms with Gasteiger partial charge in [0.15, 0.2) is 0 Å². The van der Waals surface area contributed by atoms with Crippen LogP contribution in [0.2, 0.25) is 0 Å². The Kier molecular flexibility index (Phi) is 2.87. The van der Waals surface area contributed by atoms with E-state index in [1.165, 1.54) is 0 Å². The van der Waals surface area contributed by atoms with Crippen LogP contribution < -0.4 is 15.5 Å². The van der Waals surface area contributed by atoms with Crippen LogP contribution in [0, 0.1) is 0 Å². The molecule has 0 bridgehead atoms. The summed E-state index contributed by atoms with van der Waals surface area (Å²) in [6.45, 7) is 1.62. The Morgan fingerprint density at radius 1 is 1.05 bits per heavy atom. The first-order chi connectivity index (χ1) is 9.16. The molecule has 0 saturated carbocycles. The van der Waals surface area contributed by atoms with Crippen molar-refractivity contribution in [1.82, 2.24) is 0 Å². The Labute approximate surface area is 110 Å². The Bertz CT molecular complexity index is 514. The van der Waals surface area contributed by atoms with Crippen molar-refractivity contribution in [2.24, 2.45) is 5.73 Å². The van der Waals surface area contributed by atoms with Crippen molar-refractivity contribution in [3.05, 3.63) is 24.3 Å². The van der Waals surface area contributed by atoms with Gasteiger partial charge in [-0.15, -0.1) is 0 Å². The molecule has 0 spiro atoms. The van der Waals surface area contributed by atoms with E-state index in [4.69, 9.17) is 10.5 Å². The fraction of sp³-hybridized carbons (Fsp3) is 0.385. The van der Waals surface area contributed by atoms with E-state index in [1.54, 1.807) is 9.80 Å². The molecule has 0 aromatic heterocycles. The first-order valence-electron chi connectivity index (χ1n) is 6.28. The predicted molar refractivity (Wildman–Crippen MR) is 70.1 cm³/mol. The van der Waals surface area contributed by atoms with Gasteiger partial charge in [0.2, 0.25) is 5.91 Å². The Morgan fingerprint density at radius 2 is 1.68 bits per heavy atom. The van der Waals surface area contributed by atoms with Crippen LogP contribution in [0.5, 0.6) is 0 Å². The van der Waals surface area contributed by atoms with E-state index in [0.717, 1.165) is 11.4 Å². The number of carbonyl (C=O) groups excluding carboxylic acids is 2. The first-order valence-corrected chi connectivity index (χ1v) is 6.28. The van der Waals surface area contributed by atoms with E-state index < -0.39 is 6.04 Å². The summed E-state index contributed by atoms with van der Waals surface area (Å²) in [6.07, 6.45) is 0.353. The molecular weight excluding hydrogens is 246 g/mol. The summed E-state index contributed by atoms with van der Waals surface area (Å²) >= 11 is 0. The molecule has 1 aromatic carbocycles. The molecule has 2 aliphatic heterocycles. The van der Waals surface area contributed by atoms with Gasteiger partial charge in [-0.2, -0.15) is 0 Å². The van der Waals surface area contributed by atoms with Crippen LogP contribution in [0.15, 0.2) is 24.3 Å². The van der Waals surface area contributed by atoms with Gasteiger partial charge in [-0.05, 0) is 30.7 Å². The summed E-state index contributed by atoms with van der Waals surface area (Å²) in [6, 6.07) is 6.90. The van der Waals surface area contributed by atoms with Crippen molar-refractivity contribution in [1.29, 1.82) is 0 Å². The van der Waals surface area contributed by atoms with Gasteiger partial charge in [-0.3, -0.25) is 9.69 Å². The number of amides is 2. The second kappa shape index (κ2) is 4.55. The van der Waals surface area contributed by atoms with Gasteiger partial charge >= 0.3 is 6.09 Å². The van der Waals surface area contributed by atoms with Crippen LogP contribution in [0.1, 0.15) is 6.42 Å². The highest BCUT2D eigenvalue weighted by Gasteiger charge is 2.30. The molecule has 2 amide bonds. The zero-order chi connectivity index (χ0) is 13.4. The topological polar surface area (TPSA) is 75.9 Å². The highest BCUT2D eigenvalue weighted by molar-refractivity contribution is 5.99. The van der Waals surface area contributed by atoms with Gasteiger partial charge in [0, 0.05) is 17.9 Å². The third kappa shape index (κ3) is 2.04. The Morgan fingerprint density at radius 3 is 2.16 bits per heavy atom. The van der Waals surface area contributed by atoms with E-state index in [2.05, 4.69) is 0 Å². The van der Waals surface area contributed by atoms with Gasteiger partial charge in [-0.1, -0.05) is 0 Å². The minimum absolute atomic E-state index is 0.0478. The molecule has 0 aliphatic carbocycles. The number of cyclic esters (lactones) is 1. The smallest absolute Gasteiger partial charge is 0.414 e. The summed E-state index contributed by atoms with van der Waals surface area (Å²) < 4.78 is 4.89. The van der Waals surface area contributed by atoms with Crippen molar-refractivity contribution in [3.8, 4) is 0 Å². The minimum atomic E-state index is -0.395. The lowest BCUT2D eigenvalue weighted by Gasteiger charge is -2.18. The molecule has 2 heterocycles. The largest absolute Gasteiger partial charge is 0.447 e. The van der Waals surface area contributed by atoms with Gasteiger partial charge in [-0.25, -0.2) is 4.79 Å². The number of ether oxygens (including phenoxy) is 1. The van der Waals surface area contributed by atoms with E-state index in [1.807, 2.05) is 24.3 Å². The van der Waals surface area contributed by atoms with E-state index >= 15 is 0 Å². The van der Waals surface area contributed by atoms with Crippen molar-refractivity contribution in [2.75, 3.05) is 29.5 Å². The van der Waals surface area contributed by atoms with Gasteiger partial charge < -0.3 is 15.4 Å². The SMILES string of the molecule is N[C@@H]1CCN(c2ccc(N3CCOC3=O)cc2)C1=O. The molecule has 2 fully saturated rings. The molecule has 3 rings (SSSR count). The lowest BCUT2D eigenvalue weighted by atomic mass is 10.2. The fourth-order valence-electron chi connectivity index (χ4n) is 2.40. The van der Waals surface area contributed by atoms with Crippen LogP contribution in [-0.4, -0.2) is 37.7 Å². The molecule has 100 valence electrons. The summed E-state index contributed by atoms with van der Waals surface area (Å²) in [5.41, 5.74) is 7.29. The minimum Gasteiger partial charge on any atom is -0.447 e. The second-order valence-corrected chi connectivity index (χ2v) is 4.67. The Hall–Kier alpha value is -2.08. The molecule has 6 heteroatoms. The van der Waals surface area contributed by atoms with E-state index in [9.17, 15) is 9.59 Å². The highest BCUT2D eigenvalue weighted by atomic mass is 16.6. The van der Waals surface area contributed by atoms with Gasteiger partial charge in [0.25, 0.3) is 0 Å². The van der Waals surface area contributed by atoms with Crippen LogP contribution in [0.3, 0.4) is 0 Å². The standard InChI is InChI=1S/C13H15N3O3/c14-11-5-6-15(12(11)17)9-1-3-10(4-2-9)16-7-8-19-13(16)18/h1-4,11H,5-8,14H2/t11-/m1/s1. The molecule has 2 N–H and O–H groups in total. The average molecular weight is 261 g/mol. The maximum Gasteiger partial charge on any atom is 0.414 e. The summed E-state index contributed by atoms with van der Waals surface area (Å²) in [5, 5.41) is 0. The number of hydrogen-bond acceptors (Lipinski definition) is 4. The fourth-order valence-corrected chi connectivity index (χ4v) is 2.40.